The van der Waals surface area contributed by atoms with Crippen molar-refractivity contribution < 1.29 is 33.1 Å². The predicted molar refractivity (Wildman–Crippen MR) is 246 cm³/mol. The maximum absolute atomic E-state index is 13.7. The molecule has 0 saturated carbocycles. The fourth-order valence-corrected chi connectivity index (χ4v) is 10.3. The summed E-state index contributed by atoms with van der Waals surface area (Å²) in [5.41, 5.74) is 6.33. The van der Waals surface area contributed by atoms with Crippen LogP contribution in [0.15, 0.2) is 69.5 Å². The Balaban J connectivity index is 0.942. The molecule has 5 N–H and O–H groups in total. The Morgan fingerprint density at radius 2 is 1.26 bits per heavy atom. The van der Waals surface area contributed by atoms with Crippen LogP contribution in [0, 0.1) is 11.8 Å². The standard InChI is InChI=1S/C47H51N9O8S/c1-23(2)36(53-46(60)62-5)43(57)55-17-7-9-32(55)41-48-20-30(50-41)26-13-11-25(12-14-26)29-22-65-40-35-28-16-15-27(19-34(28)64-45(59)39(35)52-38(29)40)31-21-49-42(51-31)33-10-8-18-56(33)44(58)37(24(3)4)54-47(61)63-6/h11-16,19-24,32-33,36-37,52H,7-10,17-18H2,1-6H3,(H,48,50)(H,49,51)(H,53,60)(H,54,61). The quantitative estimate of drug-likeness (QED) is 0.0787. The SMILES string of the molecule is COC(=O)NC(C(=O)N1CCCC1c1ncc(-c2ccc(-c3csc4c3[nH]c3c(=O)oc5cc(-c6cnc(C7CCCN7C(=O)C(NC(=O)OC)C(C)C)[nH]6)ccc5c34)cc2)[nH]1)C(C)C. The molecule has 65 heavy (non-hydrogen) atoms. The van der Waals surface area contributed by atoms with Gasteiger partial charge in [-0.2, -0.15) is 0 Å². The summed E-state index contributed by atoms with van der Waals surface area (Å²) in [4.78, 5) is 88.1. The van der Waals surface area contributed by atoms with E-state index in [1.54, 1.807) is 33.5 Å². The van der Waals surface area contributed by atoms with Crippen molar-refractivity contribution in [3.8, 4) is 33.6 Å². The number of carbonyl (C=O) groups is 4. The fraction of sp³-hybridized carbons (Fsp3) is 0.383. The third-order valence-electron chi connectivity index (χ3n) is 12.7. The summed E-state index contributed by atoms with van der Waals surface area (Å²) in [5, 5.41) is 9.05. The number of hydrogen-bond acceptors (Lipinski definition) is 11. The second-order valence-corrected chi connectivity index (χ2v) is 18.2. The molecule has 0 radical (unpaired) electrons. The van der Waals surface area contributed by atoms with Crippen molar-refractivity contribution in [2.75, 3.05) is 27.3 Å². The molecule has 4 atom stereocenters. The van der Waals surface area contributed by atoms with Gasteiger partial charge in [0.05, 0.1) is 60.3 Å². The molecular formula is C47H51N9O8S. The Kier molecular flexibility index (Phi) is 11.7. The number of hydrogen-bond donors (Lipinski definition) is 5. The smallest absolute Gasteiger partial charge is 0.407 e. The number of rotatable bonds is 11. The van der Waals surface area contributed by atoms with Crippen molar-refractivity contribution in [2.24, 2.45) is 11.8 Å². The lowest BCUT2D eigenvalue weighted by Gasteiger charge is -2.30. The summed E-state index contributed by atoms with van der Waals surface area (Å²) in [6.07, 6.45) is 5.30. The van der Waals surface area contributed by atoms with E-state index in [0.29, 0.717) is 41.5 Å². The van der Waals surface area contributed by atoms with Crippen LogP contribution in [0.3, 0.4) is 0 Å². The Morgan fingerprint density at radius 3 is 1.80 bits per heavy atom. The van der Waals surface area contributed by atoms with Gasteiger partial charge in [0.1, 0.15) is 34.8 Å². The zero-order valence-electron chi connectivity index (χ0n) is 36.9. The molecule has 0 bridgehead atoms. The summed E-state index contributed by atoms with van der Waals surface area (Å²) in [5.74, 6) is 0.708. The molecule has 2 saturated heterocycles. The Labute approximate surface area is 377 Å². The Bertz CT molecular complexity index is 3000. The fourth-order valence-electron chi connectivity index (χ4n) is 9.24. The molecule has 7 heterocycles. The second-order valence-electron chi connectivity index (χ2n) is 17.4. The molecule has 4 unspecified atom stereocenters. The molecule has 2 aromatic carbocycles. The first-order valence-corrected chi connectivity index (χ1v) is 22.7. The number of carbonyl (C=O) groups excluding carboxylic acids is 4. The first-order chi connectivity index (χ1) is 31.3. The highest BCUT2D eigenvalue weighted by atomic mass is 32.1. The van der Waals surface area contributed by atoms with Crippen LogP contribution in [0.2, 0.25) is 0 Å². The topological polar surface area (TPSA) is 221 Å². The highest BCUT2D eigenvalue weighted by Crippen LogP contribution is 2.42. The number of likely N-dealkylation sites (tertiary alicyclic amines) is 2. The lowest BCUT2D eigenvalue weighted by molar-refractivity contribution is -0.136. The van der Waals surface area contributed by atoms with Crippen molar-refractivity contribution in [3.05, 3.63) is 82.3 Å². The number of methoxy groups -OCH3 is 2. The van der Waals surface area contributed by atoms with Gasteiger partial charge in [-0.05, 0) is 60.8 Å². The van der Waals surface area contributed by atoms with Crippen LogP contribution in [0.5, 0.6) is 0 Å². The molecule has 2 aliphatic rings. The molecule has 2 aliphatic heterocycles. The van der Waals surface area contributed by atoms with E-state index in [0.717, 1.165) is 74.6 Å². The summed E-state index contributed by atoms with van der Waals surface area (Å²) in [7, 11) is 2.55. The van der Waals surface area contributed by atoms with Gasteiger partial charge >= 0.3 is 17.8 Å². The van der Waals surface area contributed by atoms with E-state index in [9.17, 15) is 24.0 Å². The number of imidazole rings is 2. The third kappa shape index (κ3) is 8.00. The molecule has 4 amide bonds. The van der Waals surface area contributed by atoms with Gasteiger partial charge < -0.3 is 49.3 Å². The number of nitrogens with one attached hydrogen (secondary N) is 5. The van der Waals surface area contributed by atoms with Gasteiger partial charge in [-0.25, -0.2) is 24.4 Å². The van der Waals surface area contributed by atoms with Crippen LogP contribution in [0.25, 0.3) is 65.7 Å². The van der Waals surface area contributed by atoms with Crippen LogP contribution in [-0.4, -0.2) is 98.1 Å². The van der Waals surface area contributed by atoms with Gasteiger partial charge in [0.25, 0.3) is 0 Å². The van der Waals surface area contributed by atoms with E-state index < -0.39 is 29.9 Å². The third-order valence-corrected chi connectivity index (χ3v) is 13.7. The maximum Gasteiger partial charge on any atom is 0.407 e. The first-order valence-electron chi connectivity index (χ1n) is 21.9. The van der Waals surface area contributed by atoms with Crippen molar-refractivity contribution in [2.45, 2.75) is 77.5 Å². The van der Waals surface area contributed by atoms with Crippen LogP contribution in [0.4, 0.5) is 9.59 Å². The number of benzene rings is 2. The van der Waals surface area contributed by atoms with Crippen molar-refractivity contribution in [1.82, 2.24) is 45.4 Å². The van der Waals surface area contributed by atoms with Crippen LogP contribution >= 0.6 is 11.3 Å². The van der Waals surface area contributed by atoms with Crippen molar-refractivity contribution in [3.63, 3.8) is 0 Å². The van der Waals surface area contributed by atoms with Gasteiger partial charge in [0.2, 0.25) is 11.8 Å². The van der Waals surface area contributed by atoms with Gasteiger partial charge in [-0.3, -0.25) is 9.59 Å². The lowest BCUT2D eigenvalue weighted by Crippen LogP contribution is -2.51. The van der Waals surface area contributed by atoms with Gasteiger partial charge in [0.15, 0.2) is 0 Å². The maximum atomic E-state index is 13.7. The first kappa shape index (κ1) is 43.3. The van der Waals surface area contributed by atoms with Crippen LogP contribution in [0.1, 0.15) is 77.1 Å². The molecule has 9 rings (SSSR count). The number of thiophene rings is 1. The predicted octanol–water partition coefficient (Wildman–Crippen LogP) is 8.02. The number of aromatic nitrogens is 5. The number of ether oxygens (including phenoxy) is 2. The number of aromatic amines is 3. The van der Waals surface area contributed by atoms with E-state index in [-0.39, 0.29) is 35.7 Å². The molecule has 338 valence electrons. The average Bonchev–Trinajstić information content (AvgIpc) is 4.16. The summed E-state index contributed by atoms with van der Waals surface area (Å²) in [6.45, 7) is 8.65. The van der Waals surface area contributed by atoms with Gasteiger partial charge in [-0.1, -0.05) is 58.0 Å². The van der Waals surface area contributed by atoms with E-state index >= 15 is 0 Å². The van der Waals surface area contributed by atoms with Crippen LogP contribution < -0.4 is 16.3 Å². The minimum Gasteiger partial charge on any atom is -0.453 e. The molecule has 17 nitrogen and oxygen atoms in total. The highest BCUT2D eigenvalue weighted by Gasteiger charge is 2.39. The Morgan fingerprint density at radius 1 is 0.738 bits per heavy atom. The second kappa shape index (κ2) is 17.6. The van der Waals surface area contributed by atoms with Crippen LogP contribution in [-0.2, 0) is 19.1 Å². The number of H-pyrrole nitrogens is 3. The molecule has 2 fully saturated rings. The molecule has 18 heteroatoms. The monoisotopic (exact) mass is 901 g/mol. The minimum absolute atomic E-state index is 0.129. The number of fused-ring (bicyclic) bond motifs is 5. The molecule has 5 aromatic heterocycles. The zero-order valence-corrected chi connectivity index (χ0v) is 37.8. The number of nitrogens with zero attached hydrogens (tertiary/aromatic N) is 4. The van der Waals surface area contributed by atoms with Gasteiger partial charge in [-0.15, -0.1) is 11.3 Å². The molecular weight excluding hydrogens is 851 g/mol. The van der Waals surface area contributed by atoms with E-state index in [1.165, 1.54) is 14.2 Å². The molecule has 0 spiro atoms. The van der Waals surface area contributed by atoms with E-state index in [1.807, 2.05) is 70.2 Å². The van der Waals surface area contributed by atoms with Gasteiger partial charge in [0, 0.05) is 40.4 Å². The van der Waals surface area contributed by atoms with Crippen molar-refractivity contribution in [1.29, 1.82) is 0 Å². The van der Waals surface area contributed by atoms with E-state index in [2.05, 4.69) is 35.9 Å². The number of amides is 4. The summed E-state index contributed by atoms with van der Waals surface area (Å²) in [6, 6.07) is 11.9. The average molecular weight is 902 g/mol. The number of alkyl carbamates (subject to hydrolysis) is 2. The normalized spacial score (nSPS) is 17.4. The Hall–Kier alpha value is -6.95. The summed E-state index contributed by atoms with van der Waals surface area (Å²) >= 11 is 1.56. The van der Waals surface area contributed by atoms with E-state index in [4.69, 9.17) is 18.9 Å². The minimum atomic E-state index is -0.737. The molecule has 0 aliphatic carbocycles. The molecule has 7 aromatic rings. The summed E-state index contributed by atoms with van der Waals surface area (Å²) < 4.78 is 16.4. The largest absolute Gasteiger partial charge is 0.453 e. The van der Waals surface area contributed by atoms with Crippen molar-refractivity contribution >= 4 is 67.4 Å². The zero-order chi connectivity index (χ0) is 45.7. The highest BCUT2D eigenvalue weighted by molar-refractivity contribution is 7.19. The lowest BCUT2D eigenvalue weighted by atomic mass is 10.0.